The molecule has 0 heterocycles. The second-order valence-corrected chi connectivity index (χ2v) is 7.02. The van der Waals surface area contributed by atoms with Gasteiger partial charge in [-0.05, 0) is 35.3 Å². The van der Waals surface area contributed by atoms with Crippen molar-refractivity contribution in [1.29, 1.82) is 0 Å². The Morgan fingerprint density at radius 3 is 1.67 bits per heavy atom. The van der Waals surface area contributed by atoms with E-state index in [1.807, 2.05) is 0 Å². The van der Waals surface area contributed by atoms with Crippen LogP contribution >= 0.6 is 0 Å². The van der Waals surface area contributed by atoms with Crippen molar-refractivity contribution in [3.63, 3.8) is 0 Å². The summed E-state index contributed by atoms with van der Waals surface area (Å²) in [5, 5.41) is 0. The van der Waals surface area contributed by atoms with Gasteiger partial charge in [0.15, 0.2) is 0 Å². The molecule has 1 nitrogen and oxygen atoms in total. The summed E-state index contributed by atoms with van der Waals surface area (Å²) in [5.41, 5.74) is 4.33. The van der Waals surface area contributed by atoms with Crippen molar-refractivity contribution in [2.75, 3.05) is 0 Å². The highest BCUT2D eigenvalue weighted by atomic mass is 19.4. The second-order valence-electron chi connectivity index (χ2n) is 7.02. The number of rotatable bonds is 4. The van der Waals surface area contributed by atoms with Crippen LogP contribution in [0.4, 0.5) is 13.2 Å². The lowest BCUT2D eigenvalue weighted by molar-refractivity contribution is -0.184. The molecule has 2 unspecified atom stereocenters. The largest absolute Gasteiger partial charge is 0.410 e. The number of nitrogens with two attached hydrogens (primary N) is 1. The lowest BCUT2D eigenvalue weighted by Gasteiger charge is -2.36. The van der Waals surface area contributed by atoms with Crippen LogP contribution in [-0.4, -0.2) is 6.18 Å². The molecule has 21 heavy (non-hydrogen) atoms. The molecule has 2 atom stereocenters. The number of hydrogen-bond donors (Lipinski definition) is 1. The molecule has 1 aromatic rings. The van der Waals surface area contributed by atoms with Gasteiger partial charge in [0.25, 0.3) is 0 Å². The molecule has 0 radical (unpaired) electrons. The third-order valence-electron chi connectivity index (χ3n) is 5.20. The molecule has 0 saturated heterocycles. The van der Waals surface area contributed by atoms with Crippen LogP contribution < -0.4 is 5.73 Å². The molecule has 0 bridgehead atoms. The van der Waals surface area contributed by atoms with Crippen molar-refractivity contribution in [3.8, 4) is 0 Å². The van der Waals surface area contributed by atoms with E-state index in [-0.39, 0.29) is 16.9 Å². The lowest BCUT2D eigenvalue weighted by Crippen LogP contribution is -2.47. The Kier molecular flexibility index (Phi) is 4.84. The van der Waals surface area contributed by atoms with E-state index in [0.717, 1.165) is 12.5 Å². The van der Waals surface area contributed by atoms with Crippen molar-refractivity contribution in [3.05, 3.63) is 35.4 Å². The summed E-state index contributed by atoms with van der Waals surface area (Å²) in [6.45, 7) is 11.8. The van der Waals surface area contributed by atoms with Crippen LogP contribution in [0.25, 0.3) is 0 Å². The van der Waals surface area contributed by atoms with Gasteiger partial charge in [0.2, 0.25) is 0 Å². The fourth-order valence-corrected chi connectivity index (χ4v) is 2.21. The molecule has 0 amide bonds. The van der Waals surface area contributed by atoms with E-state index < -0.39 is 11.7 Å². The van der Waals surface area contributed by atoms with Crippen molar-refractivity contribution in [2.45, 2.75) is 59.2 Å². The maximum absolute atomic E-state index is 12.9. The minimum atomic E-state index is -4.46. The van der Waals surface area contributed by atoms with Crippen molar-refractivity contribution < 1.29 is 13.2 Å². The first-order valence-electron chi connectivity index (χ1n) is 7.28. The van der Waals surface area contributed by atoms with Gasteiger partial charge in [-0.1, -0.05) is 58.9 Å². The Hall–Kier alpha value is -1.03. The van der Waals surface area contributed by atoms with E-state index in [1.54, 1.807) is 12.1 Å². The fourth-order valence-electron chi connectivity index (χ4n) is 2.21. The van der Waals surface area contributed by atoms with E-state index in [1.165, 1.54) is 12.1 Å². The number of alkyl halides is 3. The predicted octanol–water partition coefficient (Wildman–Crippen LogP) is 5.21. The molecule has 1 rings (SSSR count). The molecule has 0 aliphatic carbocycles. The van der Waals surface area contributed by atoms with Crippen LogP contribution in [-0.2, 0) is 5.54 Å². The number of hydrogen-bond acceptors (Lipinski definition) is 1. The standard InChI is InChI=1S/C17H26F3N/c1-11(2)15(4,5)12(3)13-7-9-14(10-8-13)16(6,21)17(18,19)20/h7-12H,21H2,1-6H3. The van der Waals surface area contributed by atoms with Crippen LogP contribution in [0.5, 0.6) is 0 Å². The lowest BCUT2D eigenvalue weighted by atomic mass is 9.69. The summed E-state index contributed by atoms with van der Waals surface area (Å²) in [4.78, 5) is 0. The summed E-state index contributed by atoms with van der Waals surface area (Å²) in [7, 11) is 0. The minimum Gasteiger partial charge on any atom is -0.314 e. The van der Waals surface area contributed by atoms with E-state index in [9.17, 15) is 13.2 Å². The Balaban J connectivity index is 3.09. The van der Waals surface area contributed by atoms with Crippen molar-refractivity contribution in [2.24, 2.45) is 17.1 Å². The predicted molar refractivity (Wildman–Crippen MR) is 81.1 cm³/mol. The van der Waals surface area contributed by atoms with Crippen LogP contribution in [0.2, 0.25) is 0 Å². The zero-order valence-corrected chi connectivity index (χ0v) is 13.7. The monoisotopic (exact) mass is 301 g/mol. The first-order valence-corrected chi connectivity index (χ1v) is 7.28. The zero-order valence-electron chi connectivity index (χ0n) is 13.7. The van der Waals surface area contributed by atoms with Gasteiger partial charge in [-0.15, -0.1) is 0 Å². The summed E-state index contributed by atoms with van der Waals surface area (Å²) in [6.07, 6.45) is -4.46. The molecule has 120 valence electrons. The van der Waals surface area contributed by atoms with E-state index in [0.29, 0.717) is 5.92 Å². The highest BCUT2D eigenvalue weighted by molar-refractivity contribution is 5.31. The van der Waals surface area contributed by atoms with Crippen LogP contribution in [0.1, 0.15) is 58.6 Å². The second kappa shape index (κ2) is 5.64. The molecule has 0 spiro atoms. The topological polar surface area (TPSA) is 26.0 Å². The first kappa shape index (κ1) is 18.0. The molecule has 1 aromatic carbocycles. The van der Waals surface area contributed by atoms with Gasteiger partial charge in [-0.2, -0.15) is 13.2 Å². The Morgan fingerprint density at radius 1 is 0.905 bits per heavy atom. The summed E-state index contributed by atoms with van der Waals surface area (Å²) >= 11 is 0. The first-order chi connectivity index (χ1) is 9.31. The third-order valence-corrected chi connectivity index (χ3v) is 5.20. The normalized spacial score (nSPS) is 17.7. The van der Waals surface area contributed by atoms with E-state index in [2.05, 4.69) is 34.6 Å². The summed E-state index contributed by atoms with van der Waals surface area (Å²) in [5.74, 6) is 0.726. The smallest absolute Gasteiger partial charge is 0.314 e. The summed E-state index contributed by atoms with van der Waals surface area (Å²) < 4.78 is 38.8. The Bertz CT molecular complexity index is 470. The molecule has 0 saturated carbocycles. The van der Waals surface area contributed by atoms with Crippen LogP contribution in [0, 0.1) is 11.3 Å². The Morgan fingerprint density at radius 2 is 1.33 bits per heavy atom. The molecular formula is C17H26F3N. The minimum absolute atomic E-state index is 0.0670. The molecule has 0 fully saturated rings. The molecule has 0 aromatic heterocycles. The van der Waals surface area contributed by atoms with E-state index >= 15 is 0 Å². The van der Waals surface area contributed by atoms with Gasteiger partial charge in [0.05, 0.1) is 0 Å². The maximum atomic E-state index is 12.9. The zero-order chi connectivity index (χ0) is 16.6. The molecule has 2 N–H and O–H groups in total. The van der Waals surface area contributed by atoms with Gasteiger partial charge in [-0.25, -0.2) is 0 Å². The highest BCUT2D eigenvalue weighted by Crippen LogP contribution is 2.42. The van der Waals surface area contributed by atoms with Gasteiger partial charge in [-0.3, -0.25) is 0 Å². The van der Waals surface area contributed by atoms with Crippen LogP contribution in [0.3, 0.4) is 0 Å². The van der Waals surface area contributed by atoms with E-state index in [4.69, 9.17) is 5.73 Å². The quantitative estimate of drug-likeness (QED) is 0.812. The summed E-state index contributed by atoms with van der Waals surface area (Å²) in [6, 6.07) is 6.52. The maximum Gasteiger partial charge on any atom is 0.410 e. The van der Waals surface area contributed by atoms with Gasteiger partial charge in [0.1, 0.15) is 5.54 Å². The van der Waals surface area contributed by atoms with Gasteiger partial charge >= 0.3 is 6.18 Å². The average Bonchev–Trinajstić information content (AvgIpc) is 2.36. The van der Waals surface area contributed by atoms with Crippen molar-refractivity contribution in [1.82, 2.24) is 0 Å². The van der Waals surface area contributed by atoms with Gasteiger partial charge < -0.3 is 5.73 Å². The fraction of sp³-hybridized carbons (Fsp3) is 0.647. The SMILES string of the molecule is CC(C)C(C)(C)C(C)c1ccc(C(C)(N)C(F)(F)F)cc1. The molecular weight excluding hydrogens is 275 g/mol. The number of benzene rings is 1. The van der Waals surface area contributed by atoms with Gasteiger partial charge in [0, 0.05) is 0 Å². The Labute approximate surface area is 125 Å². The molecule has 0 aliphatic rings. The molecule has 4 heteroatoms. The third kappa shape index (κ3) is 3.42. The highest BCUT2D eigenvalue weighted by Gasteiger charge is 2.49. The van der Waals surface area contributed by atoms with Crippen molar-refractivity contribution >= 4 is 0 Å². The average molecular weight is 301 g/mol. The number of halogens is 3. The van der Waals surface area contributed by atoms with Crippen LogP contribution in [0.15, 0.2) is 24.3 Å². The molecule has 0 aliphatic heterocycles.